The van der Waals surface area contributed by atoms with Gasteiger partial charge in [-0.05, 0) is 18.6 Å². The minimum Gasteiger partial charge on any atom is -0.493 e. The maximum absolute atomic E-state index is 10.8. The molecule has 0 spiro atoms. The summed E-state index contributed by atoms with van der Waals surface area (Å²) in [7, 11) is 0. The Hall–Kier alpha value is -1.35. The molecule has 3 nitrogen and oxygen atoms in total. The van der Waals surface area contributed by atoms with Crippen LogP contribution in [0.3, 0.4) is 0 Å². The van der Waals surface area contributed by atoms with Gasteiger partial charge in [-0.2, -0.15) is 0 Å². The highest BCUT2D eigenvalue weighted by Crippen LogP contribution is 2.15. The van der Waals surface area contributed by atoms with Crippen molar-refractivity contribution in [2.45, 2.75) is 13.3 Å². The van der Waals surface area contributed by atoms with Crippen molar-refractivity contribution < 1.29 is 14.6 Å². The molecule has 0 bridgehead atoms. The Balaban J connectivity index is 2.39. The first-order valence-corrected chi connectivity index (χ1v) is 4.55. The number of aliphatic hydroxyl groups excluding tert-OH is 1. The zero-order chi connectivity index (χ0) is 10.4. The first-order chi connectivity index (χ1) is 6.74. The van der Waals surface area contributed by atoms with Gasteiger partial charge in [0.25, 0.3) is 0 Å². The number of carbonyl (C=O) groups is 1. The first-order valence-electron chi connectivity index (χ1n) is 4.55. The van der Waals surface area contributed by atoms with Gasteiger partial charge in [0.15, 0.2) is 5.78 Å². The van der Waals surface area contributed by atoms with Crippen LogP contribution in [0.4, 0.5) is 0 Å². The van der Waals surface area contributed by atoms with E-state index in [1.807, 2.05) is 31.2 Å². The molecule has 0 radical (unpaired) electrons. The quantitative estimate of drug-likeness (QED) is 0.769. The molecule has 1 rings (SSSR count). The second kappa shape index (κ2) is 5.40. The van der Waals surface area contributed by atoms with Gasteiger partial charge in [0.1, 0.15) is 12.4 Å². The lowest BCUT2D eigenvalue weighted by Gasteiger charge is -2.07. The zero-order valence-corrected chi connectivity index (χ0v) is 8.19. The summed E-state index contributed by atoms with van der Waals surface area (Å²) in [6, 6.07) is 7.62. The van der Waals surface area contributed by atoms with Crippen LogP contribution < -0.4 is 4.74 Å². The van der Waals surface area contributed by atoms with Gasteiger partial charge in [-0.25, -0.2) is 0 Å². The fourth-order valence-electron chi connectivity index (χ4n) is 1.07. The van der Waals surface area contributed by atoms with E-state index in [0.717, 1.165) is 11.3 Å². The summed E-state index contributed by atoms with van der Waals surface area (Å²) in [6.45, 7) is 1.87. The molecule has 0 unspecified atom stereocenters. The van der Waals surface area contributed by atoms with E-state index in [4.69, 9.17) is 9.84 Å². The van der Waals surface area contributed by atoms with Gasteiger partial charge in [0.2, 0.25) is 0 Å². The third-order valence-electron chi connectivity index (χ3n) is 1.91. The minimum absolute atomic E-state index is 0.196. The maximum atomic E-state index is 10.8. The summed E-state index contributed by atoms with van der Waals surface area (Å²) >= 11 is 0. The van der Waals surface area contributed by atoms with Gasteiger partial charge in [-0.1, -0.05) is 18.2 Å². The number of carbonyl (C=O) groups excluding carboxylic acids is 1. The normalized spacial score (nSPS) is 9.86. The Bertz CT molecular complexity index is 307. The van der Waals surface area contributed by atoms with Crippen molar-refractivity contribution in [3.8, 4) is 5.75 Å². The van der Waals surface area contributed by atoms with Crippen LogP contribution in [0.5, 0.6) is 5.75 Å². The Kier molecular flexibility index (Phi) is 4.13. The van der Waals surface area contributed by atoms with Crippen LogP contribution in [0.25, 0.3) is 0 Å². The van der Waals surface area contributed by atoms with Gasteiger partial charge in [0.05, 0.1) is 6.61 Å². The third kappa shape index (κ3) is 3.18. The molecule has 0 saturated heterocycles. The fourth-order valence-corrected chi connectivity index (χ4v) is 1.07. The van der Waals surface area contributed by atoms with Crippen LogP contribution in [0.1, 0.15) is 12.0 Å². The van der Waals surface area contributed by atoms with Crippen LogP contribution in [0.2, 0.25) is 0 Å². The molecule has 0 saturated carbocycles. The highest BCUT2D eigenvalue weighted by Gasteiger charge is 2.01. The number of hydrogen-bond acceptors (Lipinski definition) is 3. The Morgan fingerprint density at radius 2 is 2.14 bits per heavy atom. The Morgan fingerprint density at radius 3 is 2.79 bits per heavy atom. The summed E-state index contributed by atoms with van der Waals surface area (Å²) in [4.78, 5) is 10.8. The monoisotopic (exact) mass is 194 g/mol. The average molecular weight is 194 g/mol. The van der Waals surface area contributed by atoms with Crippen LogP contribution in [0, 0.1) is 6.92 Å². The SMILES string of the molecule is Cc1ccccc1OCCC(=O)CO. The molecule has 1 aromatic rings. The van der Waals surface area contributed by atoms with E-state index >= 15 is 0 Å². The van der Waals surface area contributed by atoms with Crippen LogP contribution in [0.15, 0.2) is 24.3 Å². The first kappa shape index (κ1) is 10.7. The summed E-state index contributed by atoms with van der Waals surface area (Å²) in [5.41, 5.74) is 1.05. The summed E-state index contributed by atoms with van der Waals surface area (Å²) in [5, 5.41) is 8.48. The number of para-hydroxylation sites is 1. The van der Waals surface area contributed by atoms with Gasteiger partial charge >= 0.3 is 0 Å². The molecule has 1 N–H and O–H groups in total. The average Bonchev–Trinajstić information content (AvgIpc) is 2.20. The van der Waals surface area contributed by atoms with E-state index in [1.54, 1.807) is 0 Å². The molecule has 0 aliphatic heterocycles. The van der Waals surface area contributed by atoms with Crippen molar-refractivity contribution in [1.29, 1.82) is 0 Å². The summed E-state index contributed by atoms with van der Waals surface area (Å²) in [5.74, 6) is 0.594. The largest absolute Gasteiger partial charge is 0.493 e. The van der Waals surface area contributed by atoms with E-state index in [0.29, 0.717) is 6.61 Å². The third-order valence-corrected chi connectivity index (χ3v) is 1.91. The van der Waals surface area contributed by atoms with Crippen molar-refractivity contribution in [1.82, 2.24) is 0 Å². The van der Waals surface area contributed by atoms with Gasteiger partial charge in [0, 0.05) is 6.42 Å². The smallest absolute Gasteiger partial charge is 0.161 e. The number of aryl methyl sites for hydroxylation is 1. The van der Waals surface area contributed by atoms with E-state index in [2.05, 4.69) is 0 Å². The molecule has 0 amide bonds. The Labute approximate surface area is 83.3 Å². The fraction of sp³-hybridized carbons (Fsp3) is 0.364. The Morgan fingerprint density at radius 1 is 1.43 bits per heavy atom. The van der Waals surface area contributed by atoms with Crippen LogP contribution >= 0.6 is 0 Å². The molecule has 0 fully saturated rings. The minimum atomic E-state index is -0.406. The lowest BCUT2D eigenvalue weighted by atomic mass is 10.2. The molecule has 0 aliphatic rings. The second-order valence-electron chi connectivity index (χ2n) is 3.06. The highest BCUT2D eigenvalue weighted by molar-refractivity contribution is 5.79. The predicted octanol–water partition coefficient (Wildman–Crippen LogP) is 1.33. The molecule has 0 heterocycles. The maximum Gasteiger partial charge on any atom is 0.161 e. The number of rotatable bonds is 5. The second-order valence-corrected chi connectivity index (χ2v) is 3.06. The topological polar surface area (TPSA) is 46.5 Å². The zero-order valence-electron chi connectivity index (χ0n) is 8.19. The van der Waals surface area contributed by atoms with Crippen LogP contribution in [-0.2, 0) is 4.79 Å². The number of Topliss-reactive ketones (excluding diaryl/α,β-unsaturated/α-hetero) is 1. The molecule has 0 atom stereocenters. The summed E-state index contributed by atoms with van der Waals surface area (Å²) in [6.07, 6.45) is 0.255. The standard InChI is InChI=1S/C11H14O3/c1-9-4-2-3-5-11(9)14-7-6-10(13)8-12/h2-5,12H,6-8H2,1H3. The van der Waals surface area contributed by atoms with Gasteiger partial charge in [-0.15, -0.1) is 0 Å². The van der Waals surface area contributed by atoms with Crippen molar-refractivity contribution in [3.63, 3.8) is 0 Å². The van der Waals surface area contributed by atoms with Crippen molar-refractivity contribution in [2.24, 2.45) is 0 Å². The van der Waals surface area contributed by atoms with Crippen molar-refractivity contribution in [3.05, 3.63) is 29.8 Å². The van der Waals surface area contributed by atoms with E-state index < -0.39 is 6.61 Å². The number of ether oxygens (including phenoxy) is 1. The lowest BCUT2D eigenvalue weighted by molar-refractivity contribution is -0.122. The van der Waals surface area contributed by atoms with Crippen LogP contribution in [-0.4, -0.2) is 24.1 Å². The van der Waals surface area contributed by atoms with Crippen molar-refractivity contribution in [2.75, 3.05) is 13.2 Å². The molecule has 1 aromatic carbocycles. The van der Waals surface area contributed by atoms with Gasteiger partial charge < -0.3 is 9.84 Å². The molecule has 3 heteroatoms. The lowest BCUT2D eigenvalue weighted by Crippen LogP contribution is -2.09. The number of hydrogen-bond donors (Lipinski definition) is 1. The molecule has 0 aromatic heterocycles. The molecule has 0 aliphatic carbocycles. The molecular formula is C11H14O3. The van der Waals surface area contributed by atoms with Crippen molar-refractivity contribution >= 4 is 5.78 Å². The summed E-state index contributed by atoms with van der Waals surface area (Å²) < 4.78 is 5.38. The number of benzene rings is 1. The highest BCUT2D eigenvalue weighted by atomic mass is 16.5. The number of aliphatic hydroxyl groups is 1. The molecular weight excluding hydrogens is 180 g/mol. The molecule has 14 heavy (non-hydrogen) atoms. The molecule has 76 valence electrons. The van der Waals surface area contributed by atoms with E-state index in [9.17, 15) is 4.79 Å². The predicted molar refractivity (Wildman–Crippen MR) is 53.4 cm³/mol. The van der Waals surface area contributed by atoms with E-state index in [-0.39, 0.29) is 12.2 Å². The number of ketones is 1. The van der Waals surface area contributed by atoms with E-state index in [1.165, 1.54) is 0 Å². The van der Waals surface area contributed by atoms with Gasteiger partial charge in [-0.3, -0.25) is 4.79 Å².